The lowest BCUT2D eigenvalue weighted by atomic mass is 10.3. The predicted octanol–water partition coefficient (Wildman–Crippen LogP) is 5.17. The van der Waals surface area contributed by atoms with Crippen LogP contribution in [0.1, 0.15) is 5.56 Å². The summed E-state index contributed by atoms with van der Waals surface area (Å²) in [6, 6.07) is 6.45. The number of halogens is 4. The first-order valence-electron chi connectivity index (χ1n) is 4.93. The molecule has 18 heavy (non-hydrogen) atoms. The van der Waals surface area contributed by atoms with Crippen molar-refractivity contribution in [3.63, 3.8) is 0 Å². The largest absolute Gasteiger partial charge is 0.437 e. The maximum absolute atomic E-state index is 13.0. The molecule has 2 aromatic rings. The molecule has 1 aromatic carbocycles. The summed E-state index contributed by atoms with van der Waals surface area (Å²) in [7, 11) is 0. The van der Waals surface area contributed by atoms with Gasteiger partial charge < -0.3 is 4.74 Å². The number of rotatable bonds is 3. The Morgan fingerprint density at radius 2 is 2.11 bits per heavy atom. The van der Waals surface area contributed by atoms with Crippen LogP contribution in [0.2, 0.25) is 5.02 Å². The molecule has 0 bridgehead atoms. The molecule has 0 saturated heterocycles. The molecule has 1 heterocycles. The van der Waals surface area contributed by atoms with Gasteiger partial charge >= 0.3 is 0 Å². The molecule has 0 aliphatic heterocycles. The summed E-state index contributed by atoms with van der Waals surface area (Å²) in [4.78, 5) is 3.86. The summed E-state index contributed by atoms with van der Waals surface area (Å²) in [6.07, 6.45) is 1.07. The van der Waals surface area contributed by atoms with Crippen LogP contribution in [0.25, 0.3) is 0 Å². The van der Waals surface area contributed by atoms with Gasteiger partial charge in [0.25, 0.3) is 0 Å². The Hall–Kier alpha value is -0.840. The zero-order valence-corrected chi connectivity index (χ0v) is 12.1. The topological polar surface area (TPSA) is 22.1 Å². The van der Waals surface area contributed by atoms with E-state index in [9.17, 15) is 4.39 Å². The van der Waals surface area contributed by atoms with Crippen LogP contribution in [0.5, 0.6) is 11.6 Å². The van der Waals surface area contributed by atoms with Crippen LogP contribution in [0.4, 0.5) is 4.39 Å². The first kappa shape index (κ1) is 13.6. The molecule has 2 nitrogen and oxygen atoms in total. The molecule has 1 aromatic heterocycles. The van der Waals surface area contributed by atoms with E-state index in [-0.39, 0.29) is 11.8 Å². The number of ether oxygens (including phenoxy) is 1. The van der Waals surface area contributed by atoms with E-state index in [0.717, 1.165) is 10.7 Å². The third-order valence-corrected chi connectivity index (χ3v) is 3.21. The average Bonchev–Trinajstić information content (AvgIpc) is 2.34. The second-order valence-electron chi connectivity index (χ2n) is 3.43. The van der Waals surface area contributed by atoms with E-state index in [4.69, 9.17) is 27.9 Å². The Balaban J connectivity index is 2.33. The minimum Gasteiger partial charge on any atom is -0.437 e. The Morgan fingerprint density at radius 3 is 2.78 bits per heavy atom. The summed E-state index contributed by atoms with van der Waals surface area (Å²) < 4.78 is 19.4. The Bertz CT molecular complexity index is 580. The van der Waals surface area contributed by atoms with E-state index in [1.165, 1.54) is 6.07 Å². The first-order valence-corrected chi connectivity index (χ1v) is 6.64. The maximum atomic E-state index is 13.0. The quantitative estimate of drug-likeness (QED) is 0.712. The highest BCUT2D eigenvalue weighted by molar-refractivity contribution is 9.10. The molecule has 0 radical (unpaired) electrons. The van der Waals surface area contributed by atoms with Gasteiger partial charge in [-0.25, -0.2) is 9.37 Å². The number of nitrogens with zero attached hydrogens (tertiary/aromatic N) is 1. The lowest BCUT2D eigenvalue weighted by Gasteiger charge is -2.09. The lowest BCUT2D eigenvalue weighted by molar-refractivity contribution is 0.454. The van der Waals surface area contributed by atoms with E-state index in [1.807, 2.05) is 0 Å². The van der Waals surface area contributed by atoms with Crippen molar-refractivity contribution in [2.45, 2.75) is 5.88 Å². The molecule has 0 spiro atoms. The highest BCUT2D eigenvalue weighted by Crippen LogP contribution is 2.32. The molecule has 6 heteroatoms. The summed E-state index contributed by atoms with van der Waals surface area (Å²) >= 11 is 15.0. The molecule has 0 amide bonds. The van der Waals surface area contributed by atoms with Gasteiger partial charge in [0.2, 0.25) is 5.88 Å². The van der Waals surface area contributed by atoms with Crippen LogP contribution in [-0.4, -0.2) is 4.98 Å². The predicted molar refractivity (Wildman–Crippen MR) is 73.0 cm³/mol. The van der Waals surface area contributed by atoms with Crippen molar-refractivity contribution in [3.05, 3.63) is 51.3 Å². The van der Waals surface area contributed by atoms with Crippen molar-refractivity contribution >= 4 is 39.1 Å². The monoisotopic (exact) mass is 349 g/mol. The van der Waals surface area contributed by atoms with Crippen molar-refractivity contribution in [1.29, 1.82) is 0 Å². The van der Waals surface area contributed by atoms with Crippen molar-refractivity contribution < 1.29 is 9.13 Å². The van der Waals surface area contributed by atoms with Gasteiger partial charge in [-0.05, 0) is 24.3 Å². The molecule has 0 saturated carbocycles. The van der Waals surface area contributed by atoms with Gasteiger partial charge in [0.05, 0.1) is 17.1 Å². The Morgan fingerprint density at radius 1 is 1.33 bits per heavy atom. The van der Waals surface area contributed by atoms with Gasteiger partial charge in [0.1, 0.15) is 11.6 Å². The minimum absolute atomic E-state index is 0.105. The van der Waals surface area contributed by atoms with Crippen molar-refractivity contribution in [2.24, 2.45) is 0 Å². The Labute approximate surface area is 122 Å². The first-order chi connectivity index (χ1) is 8.60. The second-order valence-corrected chi connectivity index (χ2v) is 5.02. The molecular weight excluding hydrogens is 344 g/mol. The summed E-state index contributed by atoms with van der Waals surface area (Å²) in [5.41, 5.74) is 0.468. The van der Waals surface area contributed by atoms with Gasteiger partial charge in [-0.1, -0.05) is 27.5 Å². The maximum Gasteiger partial charge on any atom is 0.223 e. The van der Waals surface area contributed by atoms with Gasteiger partial charge in [-0.2, -0.15) is 0 Å². The highest BCUT2D eigenvalue weighted by Gasteiger charge is 2.10. The fraction of sp³-hybridized carbons (Fsp3) is 0.0833. The zero-order chi connectivity index (χ0) is 13.1. The number of benzene rings is 1. The second kappa shape index (κ2) is 5.87. The molecule has 0 aliphatic carbocycles. The third kappa shape index (κ3) is 3.13. The van der Waals surface area contributed by atoms with Crippen LogP contribution in [0, 0.1) is 5.82 Å². The van der Waals surface area contributed by atoms with Gasteiger partial charge in [0, 0.05) is 10.0 Å². The summed E-state index contributed by atoms with van der Waals surface area (Å²) in [5, 5.41) is 0.427. The molecule has 0 atom stereocenters. The fourth-order valence-corrected chi connectivity index (χ4v) is 2.22. The van der Waals surface area contributed by atoms with Gasteiger partial charge in [0.15, 0.2) is 0 Å². The molecule has 0 N–H and O–H groups in total. The van der Waals surface area contributed by atoms with E-state index >= 15 is 0 Å². The lowest BCUT2D eigenvalue weighted by Crippen LogP contribution is -1.95. The van der Waals surface area contributed by atoms with Gasteiger partial charge in [-0.3, -0.25) is 0 Å². The molecule has 0 fully saturated rings. The summed E-state index contributed by atoms with van der Waals surface area (Å²) in [6.45, 7) is 0. The van der Waals surface area contributed by atoms with Crippen LogP contribution in [0.15, 0.2) is 34.9 Å². The number of alkyl halides is 1. The van der Waals surface area contributed by atoms with E-state index in [2.05, 4.69) is 20.9 Å². The third-order valence-electron chi connectivity index (χ3n) is 2.14. The van der Waals surface area contributed by atoms with Crippen molar-refractivity contribution in [1.82, 2.24) is 4.98 Å². The van der Waals surface area contributed by atoms with E-state index < -0.39 is 5.82 Å². The number of aromatic nitrogens is 1. The van der Waals surface area contributed by atoms with Gasteiger partial charge in [-0.15, -0.1) is 11.6 Å². The van der Waals surface area contributed by atoms with E-state index in [0.29, 0.717) is 16.3 Å². The normalized spacial score (nSPS) is 10.4. The fourth-order valence-electron chi connectivity index (χ4n) is 1.32. The highest BCUT2D eigenvalue weighted by atomic mass is 79.9. The number of pyridine rings is 1. The van der Waals surface area contributed by atoms with Crippen LogP contribution in [0.3, 0.4) is 0 Å². The smallest absolute Gasteiger partial charge is 0.223 e. The average molecular weight is 351 g/mol. The molecule has 0 aliphatic rings. The number of hydrogen-bond acceptors (Lipinski definition) is 2. The number of hydrogen-bond donors (Lipinski definition) is 0. The standard InChI is InChI=1S/C12H7BrCl2FNO/c13-8-1-2-11(10(15)4-8)18-12-7(5-14)3-9(16)6-17-12/h1-4,6H,5H2. The molecule has 94 valence electrons. The molecule has 0 unspecified atom stereocenters. The molecule has 2 rings (SSSR count). The SMILES string of the molecule is Fc1cnc(Oc2ccc(Br)cc2Cl)c(CCl)c1. The molecular formula is C12H7BrCl2FNO. The minimum atomic E-state index is -0.458. The van der Waals surface area contributed by atoms with Crippen LogP contribution >= 0.6 is 39.1 Å². The van der Waals surface area contributed by atoms with E-state index in [1.54, 1.807) is 18.2 Å². The van der Waals surface area contributed by atoms with Crippen molar-refractivity contribution in [3.8, 4) is 11.6 Å². The van der Waals surface area contributed by atoms with Crippen LogP contribution in [-0.2, 0) is 5.88 Å². The Kier molecular flexibility index (Phi) is 4.43. The van der Waals surface area contributed by atoms with Crippen molar-refractivity contribution in [2.75, 3.05) is 0 Å². The summed E-state index contributed by atoms with van der Waals surface area (Å²) in [5.74, 6) is 0.328. The zero-order valence-electron chi connectivity index (χ0n) is 8.96. The van der Waals surface area contributed by atoms with Crippen LogP contribution < -0.4 is 4.74 Å².